The summed E-state index contributed by atoms with van der Waals surface area (Å²) >= 11 is 0. The van der Waals surface area contributed by atoms with Crippen molar-refractivity contribution in [3.05, 3.63) is 224 Å². The second-order valence-electron chi connectivity index (χ2n) is 15.2. The van der Waals surface area contributed by atoms with Gasteiger partial charge < -0.3 is 4.42 Å². The second kappa shape index (κ2) is 15.5. The van der Waals surface area contributed by atoms with E-state index in [-0.39, 0.29) is 0 Å². The Bertz CT molecular complexity index is 3270. The molecular formula is C57H37N3O. The van der Waals surface area contributed by atoms with Crippen LogP contribution in [0.1, 0.15) is 0 Å². The van der Waals surface area contributed by atoms with E-state index in [9.17, 15) is 0 Å². The number of benzene rings is 9. The van der Waals surface area contributed by atoms with Crippen LogP contribution in [0, 0.1) is 0 Å². The van der Waals surface area contributed by atoms with Gasteiger partial charge in [-0.3, -0.25) is 0 Å². The van der Waals surface area contributed by atoms with Crippen LogP contribution in [-0.4, -0.2) is 15.0 Å². The Morgan fingerprint density at radius 2 is 0.656 bits per heavy atom. The molecule has 0 saturated carbocycles. The van der Waals surface area contributed by atoms with Crippen molar-refractivity contribution in [1.82, 2.24) is 15.0 Å². The highest BCUT2D eigenvalue weighted by molar-refractivity contribution is 6.13. The van der Waals surface area contributed by atoms with Crippen LogP contribution in [0.15, 0.2) is 229 Å². The van der Waals surface area contributed by atoms with Crippen LogP contribution in [-0.2, 0) is 0 Å². The lowest BCUT2D eigenvalue weighted by molar-refractivity contribution is 0.669. The average molecular weight is 780 g/mol. The highest BCUT2D eigenvalue weighted by Gasteiger charge is 2.18. The van der Waals surface area contributed by atoms with Crippen LogP contribution in [0.2, 0.25) is 0 Å². The van der Waals surface area contributed by atoms with E-state index in [1.54, 1.807) is 0 Å². The highest BCUT2D eigenvalue weighted by Crippen LogP contribution is 2.39. The van der Waals surface area contributed by atoms with Crippen molar-refractivity contribution in [3.8, 4) is 89.8 Å². The summed E-state index contributed by atoms with van der Waals surface area (Å²) in [5.41, 5.74) is 15.6. The van der Waals surface area contributed by atoms with E-state index in [1.807, 2.05) is 30.3 Å². The first-order valence-electron chi connectivity index (χ1n) is 20.5. The fraction of sp³-hybridized carbons (Fsp3) is 0. The summed E-state index contributed by atoms with van der Waals surface area (Å²) in [6, 6.07) is 78.2. The lowest BCUT2D eigenvalue weighted by Gasteiger charge is -2.13. The molecule has 0 radical (unpaired) electrons. The van der Waals surface area contributed by atoms with Crippen molar-refractivity contribution < 1.29 is 4.42 Å². The summed E-state index contributed by atoms with van der Waals surface area (Å²) in [6.07, 6.45) is 0. The molecule has 0 spiro atoms. The molecule has 0 saturated heterocycles. The van der Waals surface area contributed by atoms with Crippen LogP contribution in [0.5, 0.6) is 0 Å². The van der Waals surface area contributed by atoms with Crippen LogP contribution < -0.4 is 0 Å². The SMILES string of the molecule is c1ccc(-c2cccc(-c3ccc(-c4nc(-c5cc(-c6ccccc6)cc(-c6ccccc6)c5)nc(-c5ccc6c(c5)oc5cccc(-c7ccccc7)c56)n4)cc3)c2)cc1. The van der Waals surface area contributed by atoms with E-state index in [4.69, 9.17) is 19.4 Å². The first kappa shape index (κ1) is 35.9. The van der Waals surface area contributed by atoms with Gasteiger partial charge in [0.15, 0.2) is 17.5 Å². The Hall–Kier alpha value is -8.21. The van der Waals surface area contributed by atoms with Gasteiger partial charge in [0, 0.05) is 27.5 Å². The van der Waals surface area contributed by atoms with Crippen LogP contribution in [0.25, 0.3) is 112 Å². The monoisotopic (exact) mass is 779 g/mol. The lowest BCUT2D eigenvalue weighted by Crippen LogP contribution is -2.00. The quantitative estimate of drug-likeness (QED) is 0.154. The van der Waals surface area contributed by atoms with Gasteiger partial charge in [0.25, 0.3) is 0 Å². The zero-order chi connectivity index (χ0) is 40.5. The van der Waals surface area contributed by atoms with Crippen molar-refractivity contribution in [2.45, 2.75) is 0 Å². The molecule has 0 fully saturated rings. The molecule has 0 unspecified atom stereocenters. The molecule has 11 rings (SSSR count). The minimum atomic E-state index is 0.566. The van der Waals surface area contributed by atoms with Gasteiger partial charge in [0.1, 0.15) is 11.2 Å². The Balaban J connectivity index is 1.06. The number of aromatic nitrogens is 3. The van der Waals surface area contributed by atoms with Gasteiger partial charge >= 0.3 is 0 Å². The minimum Gasteiger partial charge on any atom is -0.456 e. The van der Waals surface area contributed by atoms with Gasteiger partial charge in [-0.1, -0.05) is 182 Å². The Morgan fingerprint density at radius 3 is 1.25 bits per heavy atom. The first-order valence-corrected chi connectivity index (χ1v) is 20.5. The summed E-state index contributed by atoms with van der Waals surface area (Å²) in [7, 11) is 0. The molecule has 0 bridgehead atoms. The van der Waals surface area contributed by atoms with Crippen molar-refractivity contribution in [2.75, 3.05) is 0 Å². The maximum Gasteiger partial charge on any atom is 0.164 e. The Morgan fingerprint density at radius 1 is 0.246 bits per heavy atom. The fourth-order valence-electron chi connectivity index (χ4n) is 8.26. The van der Waals surface area contributed by atoms with Gasteiger partial charge in [0.2, 0.25) is 0 Å². The van der Waals surface area contributed by atoms with Crippen molar-refractivity contribution >= 4 is 21.9 Å². The summed E-state index contributed by atoms with van der Waals surface area (Å²) in [5.74, 6) is 1.74. The van der Waals surface area contributed by atoms with Gasteiger partial charge in [0.05, 0.1) is 0 Å². The summed E-state index contributed by atoms with van der Waals surface area (Å²) in [6.45, 7) is 0. The van der Waals surface area contributed by atoms with Crippen LogP contribution in [0.4, 0.5) is 0 Å². The predicted molar refractivity (Wildman–Crippen MR) is 251 cm³/mol. The number of rotatable bonds is 8. The molecule has 9 aromatic carbocycles. The van der Waals surface area contributed by atoms with Gasteiger partial charge in [-0.25, -0.2) is 15.0 Å². The zero-order valence-corrected chi connectivity index (χ0v) is 33.1. The van der Waals surface area contributed by atoms with E-state index in [2.05, 4.69) is 194 Å². The normalized spacial score (nSPS) is 11.3. The largest absolute Gasteiger partial charge is 0.456 e. The molecule has 4 nitrogen and oxygen atoms in total. The standard InChI is InChI=1S/C57H37N3O/c1-5-15-38(16-6-1)44-23-13-24-45(33-44)41-27-29-43(30-28-41)55-58-56(46-31-32-51-53(37-46)61-52-26-14-25-50(54(51)52)42-21-11-4-12-22-42)60-57(59-55)49-35-47(39-17-7-2-8-18-39)34-48(36-49)40-19-9-3-10-20-40/h1-37H. The Labute approximate surface area is 354 Å². The second-order valence-corrected chi connectivity index (χ2v) is 15.2. The topological polar surface area (TPSA) is 51.8 Å². The molecule has 0 amide bonds. The third-order valence-electron chi connectivity index (χ3n) is 11.3. The van der Waals surface area contributed by atoms with Crippen molar-refractivity contribution in [3.63, 3.8) is 0 Å². The molecule has 61 heavy (non-hydrogen) atoms. The number of hydrogen-bond donors (Lipinski definition) is 0. The van der Waals surface area contributed by atoms with E-state index in [1.165, 1.54) is 11.1 Å². The van der Waals surface area contributed by atoms with E-state index < -0.39 is 0 Å². The predicted octanol–water partition coefficient (Wildman–Crippen LogP) is 15.1. The van der Waals surface area contributed by atoms with E-state index in [0.717, 1.165) is 83.1 Å². The third-order valence-corrected chi connectivity index (χ3v) is 11.3. The highest BCUT2D eigenvalue weighted by atomic mass is 16.3. The molecular weight excluding hydrogens is 743 g/mol. The summed E-state index contributed by atoms with van der Waals surface area (Å²) < 4.78 is 6.56. The van der Waals surface area contributed by atoms with Crippen LogP contribution in [0.3, 0.4) is 0 Å². The molecule has 0 aliphatic heterocycles. The number of furan rings is 1. The molecule has 0 aliphatic carbocycles. The molecule has 0 N–H and O–H groups in total. The van der Waals surface area contributed by atoms with Gasteiger partial charge in [-0.15, -0.1) is 0 Å². The van der Waals surface area contributed by atoms with Gasteiger partial charge in [-0.2, -0.15) is 0 Å². The molecule has 0 atom stereocenters. The smallest absolute Gasteiger partial charge is 0.164 e. The molecule has 2 heterocycles. The third kappa shape index (κ3) is 7.07. The number of nitrogens with zero attached hydrogens (tertiary/aromatic N) is 3. The first-order chi connectivity index (χ1) is 30.2. The molecule has 2 aromatic heterocycles. The van der Waals surface area contributed by atoms with Crippen molar-refractivity contribution in [2.24, 2.45) is 0 Å². The maximum absolute atomic E-state index is 6.56. The minimum absolute atomic E-state index is 0.566. The van der Waals surface area contributed by atoms with Gasteiger partial charge in [-0.05, 0) is 98.1 Å². The Kier molecular flexibility index (Phi) is 9.14. The van der Waals surface area contributed by atoms with Crippen LogP contribution >= 0.6 is 0 Å². The average Bonchev–Trinajstić information content (AvgIpc) is 3.73. The zero-order valence-electron chi connectivity index (χ0n) is 33.1. The fourth-order valence-corrected chi connectivity index (χ4v) is 8.26. The summed E-state index contributed by atoms with van der Waals surface area (Å²) in [5, 5.41) is 2.13. The molecule has 4 heteroatoms. The summed E-state index contributed by atoms with van der Waals surface area (Å²) in [4.78, 5) is 15.6. The molecule has 0 aliphatic rings. The van der Waals surface area contributed by atoms with Crippen molar-refractivity contribution in [1.29, 1.82) is 0 Å². The molecule has 11 aromatic rings. The molecule has 286 valence electrons. The number of hydrogen-bond acceptors (Lipinski definition) is 4. The van der Waals surface area contributed by atoms with E-state index >= 15 is 0 Å². The van der Waals surface area contributed by atoms with E-state index in [0.29, 0.717) is 17.5 Å². The lowest BCUT2D eigenvalue weighted by atomic mass is 9.95. The number of fused-ring (bicyclic) bond motifs is 3. The maximum atomic E-state index is 6.56.